The van der Waals surface area contributed by atoms with Crippen LogP contribution in [0.1, 0.15) is 31.1 Å². The summed E-state index contributed by atoms with van der Waals surface area (Å²) in [6.07, 6.45) is -0.155. The van der Waals surface area contributed by atoms with Crippen LogP contribution in [0, 0.1) is 6.92 Å². The molecule has 0 fully saturated rings. The third-order valence-corrected chi connectivity index (χ3v) is 1.85. The van der Waals surface area contributed by atoms with E-state index in [2.05, 4.69) is 0 Å². The fourth-order valence-corrected chi connectivity index (χ4v) is 1.24. The average Bonchev–Trinajstić information content (AvgIpc) is 2.03. The Morgan fingerprint density at radius 1 is 1.46 bits per heavy atom. The van der Waals surface area contributed by atoms with Crippen molar-refractivity contribution in [3.05, 3.63) is 35.4 Å². The number of benzene rings is 1. The van der Waals surface area contributed by atoms with Crippen LogP contribution in [0.5, 0.6) is 0 Å². The Bertz CT molecular complexity index is 305. The molecule has 0 aliphatic carbocycles. The number of esters is 1. The van der Waals surface area contributed by atoms with Gasteiger partial charge in [0.05, 0.1) is 0 Å². The molecule has 0 heterocycles. The number of ether oxygens (including phenoxy) is 1. The molecule has 0 saturated carbocycles. The number of aryl methyl sites for hydroxylation is 1. The number of hydrogen-bond acceptors (Lipinski definition) is 2. The highest BCUT2D eigenvalue weighted by atomic mass is 16.5. The van der Waals surface area contributed by atoms with Crippen molar-refractivity contribution in [3.63, 3.8) is 0 Å². The molecule has 0 radical (unpaired) electrons. The van der Waals surface area contributed by atoms with Gasteiger partial charge in [0.15, 0.2) is 0 Å². The zero-order valence-corrected chi connectivity index (χ0v) is 8.20. The van der Waals surface area contributed by atoms with Crippen molar-refractivity contribution in [2.75, 3.05) is 0 Å². The highest BCUT2D eigenvalue weighted by molar-refractivity contribution is 5.66. The minimum absolute atomic E-state index is 0.155. The SMILES string of the molecule is CC(=O)O[C@H](C)c1cccc(C)c1. The maximum Gasteiger partial charge on any atom is 0.303 e. The second kappa shape index (κ2) is 4.08. The molecule has 2 nitrogen and oxygen atoms in total. The van der Waals surface area contributed by atoms with E-state index >= 15 is 0 Å². The molecule has 0 spiro atoms. The van der Waals surface area contributed by atoms with E-state index in [0.717, 1.165) is 5.56 Å². The van der Waals surface area contributed by atoms with Crippen LogP contribution in [0.2, 0.25) is 0 Å². The summed E-state index contributed by atoms with van der Waals surface area (Å²) >= 11 is 0. The Morgan fingerprint density at radius 2 is 2.15 bits per heavy atom. The van der Waals surface area contributed by atoms with E-state index < -0.39 is 0 Å². The number of carbonyl (C=O) groups is 1. The van der Waals surface area contributed by atoms with Crippen LogP contribution in [-0.4, -0.2) is 5.97 Å². The van der Waals surface area contributed by atoms with E-state index in [1.54, 1.807) is 0 Å². The third-order valence-electron chi connectivity index (χ3n) is 1.85. The molecule has 0 N–H and O–H groups in total. The second-order valence-electron chi connectivity index (χ2n) is 3.17. The van der Waals surface area contributed by atoms with E-state index in [0.29, 0.717) is 0 Å². The zero-order valence-electron chi connectivity index (χ0n) is 8.20. The van der Waals surface area contributed by atoms with Crippen LogP contribution in [0.4, 0.5) is 0 Å². The van der Waals surface area contributed by atoms with Gasteiger partial charge in [0.1, 0.15) is 6.10 Å². The molecule has 0 aromatic heterocycles. The van der Waals surface area contributed by atoms with Crippen LogP contribution in [0.25, 0.3) is 0 Å². The summed E-state index contributed by atoms with van der Waals surface area (Å²) in [5.41, 5.74) is 2.21. The molecule has 0 aliphatic rings. The van der Waals surface area contributed by atoms with Crippen LogP contribution >= 0.6 is 0 Å². The van der Waals surface area contributed by atoms with Crippen LogP contribution < -0.4 is 0 Å². The predicted molar refractivity (Wildman–Crippen MR) is 51.4 cm³/mol. The second-order valence-corrected chi connectivity index (χ2v) is 3.17. The molecule has 1 aromatic rings. The summed E-state index contributed by atoms with van der Waals surface area (Å²) in [6, 6.07) is 7.96. The van der Waals surface area contributed by atoms with Gasteiger partial charge in [-0.2, -0.15) is 0 Å². The summed E-state index contributed by atoms with van der Waals surface area (Å²) < 4.78 is 5.05. The smallest absolute Gasteiger partial charge is 0.303 e. The first-order valence-electron chi connectivity index (χ1n) is 4.33. The van der Waals surface area contributed by atoms with Gasteiger partial charge in [-0.3, -0.25) is 4.79 Å². The van der Waals surface area contributed by atoms with Crippen molar-refractivity contribution in [2.45, 2.75) is 26.9 Å². The molecule has 2 heteroatoms. The van der Waals surface area contributed by atoms with Crippen LogP contribution in [0.3, 0.4) is 0 Å². The van der Waals surface area contributed by atoms with Crippen molar-refractivity contribution in [1.82, 2.24) is 0 Å². The standard InChI is InChI=1S/C11H14O2/c1-8-5-4-6-11(7-8)9(2)13-10(3)12/h4-7,9H,1-3H3/t9-/m1/s1. The van der Waals surface area contributed by atoms with Crippen molar-refractivity contribution < 1.29 is 9.53 Å². The van der Waals surface area contributed by atoms with Gasteiger partial charge in [-0.15, -0.1) is 0 Å². The summed E-state index contributed by atoms with van der Waals surface area (Å²) in [5.74, 6) is -0.242. The zero-order chi connectivity index (χ0) is 9.84. The normalized spacial score (nSPS) is 12.2. The summed E-state index contributed by atoms with van der Waals surface area (Å²) in [5, 5.41) is 0. The molecular formula is C11H14O2. The fourth-order valence-electron chi connectivity index (χ4n) is 1.24. The molecule has 0 saturated heterocycles. The first-order valence-corrected chi connectivity index (χ1v) is 4.33. The lowest BCUT2D eigenvalue weighted by molar-refractivity contribution is -0.145. The lowest BCUT2D eigenvalue weighted by Gasteiger charge is -2.12. The summed E-state index contributed by atoms with van der Waals surface area (Å²) in [7, 11) is 0. The van der Waals surface area contributed by atoms with Gasteiger partial charge < -0.3 is 4.74 Å². The Labute approximate surface area is 78.5 Å². The van der Waals surface area contributed by atoms with Gasteiger partial charge >= 0.3 is 5.97 Å². The maximum absolute atomic E-state index is 10.7. The summed E-state index contributed by atoms with van der Waals surface area (Å²) in [6.45, 7) is 5.31. The molecule has 13 heavy (non-hydrogen) atoms. The highest BCUT2D eigenvalue weighted by Crippen LogP contribution is 2.17. The van der Waals surface area contributed by atoms with Crippen LogP contribution in [-0.2, 0) is 9.53 Å². The summed E-state index contributed by atoms with van der Waals surface area (Å²) in [4.78, 5) is 10.7. The van der Waals surface area contributed by atoms with Crippen molar-refractivity contribution in [3.8, 4) is 0 Å². The van der Waals surface area contributed by atoms with Gasteiger partial charge in [-0.1, -0.05) is 29.8 Å². The minimum atomic E-state index is -0.242. The topological polar surface area (TPSA) is 26.3 Å². The first kappa shape index (κ1) is 9.78. The van der Waals surface area contributed by atoms with Gasteiger partial charge in [0.2, 0.25) is 0 Å². The van der Waals surface area contributed by atoms with Gasteiger partial charge in [-0.25, -0.2) is 0 Å². The highest BCUT2D eigenvalue weighted by Gasteiger charge is 2.07. The quantitative estimate of drug-likeness (QED) is 0.651. The molecule has 1 rings (SSSR count). The molecule has 0 bridgehead atoms. The lowest BCUT2D eigenvalue weighted by Crippen LogP contribution is -2.04. The molecular weight excluding hydrogens is 164 g/mol. The molecule has 0 unspecified atom stereocenters. The van der Waals surface area contributed by atoms with E-state index in [1.807, 2.05) is 38.1 Å². The molecule has 70 valence electrons. The monoisotopic (exact) mass is 178 g/mol. The number of hydrogen-bond donors (Lipinski definition) is 0. The fraction of sp³-hybridized carbons (Fsp3) is 0.364. The minimum Gasteiger partial charge on any atom is -0.458 e. The first-order chi connectivity index (χ1) is 6.09. The van der Waals surface area contributed by atoms with Crippen molar-refractivity contribution in [2.24, 2.45) is 0 Å². The molecule has 1 atom stereocenters. The molecule has 0 aliphatic heterocycles. The number of rotatable bonds is 2. The Hall–Kier alpha value is -1.31. The third kappa shape index (κ3) is 2.90. The molecule has 0 amide bonds. The van der Waals surface area contributed by atoms with E-state index in [4.69, 9.17) is 4.74 Å². The van der Waals surface area contributed by atoms with Gasteiger partial charge in [0, 0.05) is 6.92 Å². The Balaban J connectivity index is 2.76. The van der Waals surface area contributed by atoms with E-state index in [-0.39, 0.29) is 12.1 Å². The lowest BCUT2D eigenvalue weighted by atomic mass is 10.1. The van der Waals surface area contributed by atoms with Crippen molar-refractivity contribution >= 4 is 5.97 Å². The Morgan fingerprint density at radius 3 is 2.69 bits per heavy atom. The largest absolute Gasteiger partial charge is 0.458 e. The Kier molecular flexibility index (Phi) is 3.07. The molecule has 1 aromatic carbocycles. The maximum atomic E-state index is 10.7. The average molecular weight is 178 g/mol. The van der Waals surface area contributed by atoms with Gasteiger partial charge in [-0.05, 0) is 19.4 Å². The van der Waals surface area contributed by atoms with Gasteiger partial charge in [0.25, 0.3) is 0 Å². The van der Waals surface area contributed by atoms with E-state index in [1.165, 1.54) is 12.5 Å². The predicted octanol–water partition coefficient (Wildman–Crippen LogP) is 2.62. The van der Waals surface area contributed by atoms with Crippen LogP contribution in [0.15, 0.2) is 24.3 Å². The van der Waals surface area contributed by atoms with Crippen molar-refractivity contribution in [1.29, 1.82) is 0 Å². The number of carbonyl (C=O) groups excluding carboxylic acids is 1. The van der Waals surface area contributed by atoms with E-state index in [9.17, 15) is 4.79 Å².